The molecule has 0 radical (unpaired) electrons. The van der Waals surface area contributed by atoms with Crippen LogP contribution in [0.1, 0.15) is 25.3 Å². The summed E-state index contributed by atoms with van der Waals surface area (Å²) in [6.45, 7) is 2.45. The average molecular weight is 399 g/mol. The summed E-state index contributed by atoms with van der Waals surface area (Å²) in [5.74, 6) is -1.19. The van der Waals surface area contributed by atoms with Gasteiger partial charge in [-0.15, -0.1) is 12.4 Å². The fraction of sp³-hybridized carbons (Fsp3) is 0.500. The zero-order valence-electron chi connectivity index (χ0n) is 15.3. The molecular formula is C18H24ClFN4O3. The molecule has 2 fully saturated rings. The topological polar surface area (TPSA) is 81.8 Å². The highest BCUT2D eigenvalue weighted by molar-refractivity contribution is 6.09. The van der Waals surface area contributed by atoms with Crippen LogP contribution >= 0.6 is 12.4 Å². The van der Waals surface area contributed by atoms with E-state index in [1.54, 1.807) is 11.8 Å². The van der Waals surface area contributed by atoms with Crippen molar-refractivity contribution in [1.29, 1.82) is 0 Å². The normalized spacial score (nSPS) is 25.2. The number of nitrogens with one attached hydrogen (secondary N) is 2. The summed E-state index contributed by atoms with van der Waals surface area (Å²) in [4.78, 5) is 40.3. The molecule has 2 unspecified atom stereocenters. The van der Waals surface area contributed by atoms with Gasteiger partial charge in [0.25, 0.3) is 5.91 Å². The second-order valence-corrected chi connectivity index (χ2v) is 6.92. The summed E-state index contributed by atoms with van der Waals surface area (Å²) in [7, 11) is 1.85. The second-order valence-electron chi connectivity index (χ2n) is 6.92. The van der Waals surface area contributed by atoms with Crippen LogP contribution in [-0.4, -0.2) is 60.4 Å². The average Bonchev–Trinajstić information content (AvgIpc) is 2.86. The van der Waals surface area contributed by atoms with E-state index in [0.717, 1.165) is 17.7 Å². The number of halogens is 2. The van der Waals surface area contributed by atoms with Gasteiger partial charge in [-0.1, -0.05) is 12.1 Å². The van der Waals surface area contributed by atoms with E-state index in [-0.39, 0.29) is 30.9 Å². The molecule has 148 valence electrons. The van der Waals surface area contributed by atoms with Crippen LogP contribution in [-0.2, 0) is 15.1 Å². The number of nitrogens with zero attached hydrogens (tertiary/aromatic N) is 2. The molecule has 3 rings (SSSR count). The van der Waals surface area contributed by atoms with E-state index in [1.165, 1.54) is 24.3 Å². The van der Waals surface area contributed by atoms with Crippen molar-refractivity contribution < 1.29 is 18.8 Å². The lowest BCUT2D eigenvalue weighted by Gasteiger charge is -2.33. The maximum atomic E-state index is 13.1. The minimum Gasteiger partial charge on any atom is -0.340 e. The first-order valence-corrected chi connectivity index (χ1v) is 8.70. The summed E-state index contributed by atoms with van der Waals surface area (Å²) < 4.78 is 13.1. The largest absolute Gasteiger partial charge is 0.340 e. The Balaban J connectivity index is 0.00000261. The fourth-order valence-corrected chi connectivity index (χ4v) is 3.49. The van der Waals surface area contributed by atoms with Crippen LogP contribution in [0.5, 0.6) is 0 Å². The van der Waals surface area contributed by atoms with E-state index in [4.69, 9.17) is 0 Å². The summed E-state index contributed by atoms with van der Waals surface area (Å²) >= 11 is 0. The minimum atomic E-state index is -1.31. The number of imide groups is 1. The van der Waals surface area contributed by atoms with Gasteiger partial charge in [0.05, 0.1) is 0 Å². The van der Waals surface area contributed by atoms with Crippen molar-refractivity contribution in [2.75, 3.05) is 26.7 Å². The van der Waals surface area contributed by atoms with Crippen molar-refractivity contribution >= 4 is 30.3 Å². The highest BCUT2D eigenvalue weighted by atomic mass is 35.5. The van der Waals surface area contributed by atoms with E-state index >= 15 is 0 Å². The molecule has 0 bridgehead atoms. The van der Waals surface area contributed by atoms with Crippen LogP contribution in [0, 0.1) is 5.82 Å². The lowest BCUT2D eigenvalue weighted by Crippen LogP contribution is -2.50. The standard InChI is InChI=1S/C18H23FN4O3.ClH/c1-18(12-5-7-13(19)8-6-12)16(25)23(17(26)21-18)11-15(24)22-9-3-4-14(10-22)20-2;/h5-8,14,20H,3-4,9-11H2,1-2H3,(H,21,26);1H. The predicted molar refractivity (Wildman–Crippen MR) is 99.9 cm³/mol. The van der Waals surface area contributed by atoms with Crippen LogP contribution in [0.4, 0.5) is 9.18 Å². The fourth-order valence-electron chi connectivity index (χ4n) is 3.49. The smallest absolute Gasteiger partial charge is 0.325 e. The van der Waals surface area contributed by atoms with Crippen molar-refractivity contribution in [3.8, 4) is 0 Å². The van der Waals surface area contributed by atoms with Gasteiger partial charge in [-0.3, -0.25) is 14.5 Å². The maximum Gasteiger partial charge on any atom is 0.325 e. The first-order chi connectivity index (χ1) is 12.3. The number of hydrogen-bond acceptors (Lipinski definition) is 4. The molecule has 2 aliphatic rings. The van der Waals surface area contributed by atoms with Gasteiger partial charge in [-0.2, -0.15) is 0 Å². The number of carbonyl (C=O) groups excluding carboxylic acids is 3. The molecule has 0 aliphatic carbocycles. The van der Waals surface area contributed by atoms with Crippen molar-refractivity contribution in [3.63, 3.8) is 0 Å². The molecule has 1 aromatic rings. The van der Waals surface area contributed by atoms with Gasteiger partial charge >= 0.3 is 6.03 Å². The second kappa shape index (κ2) is 8.22. The molecule has 2 atom stereocenters. The third-order valence-corrected chi connectivity index (χ3v) is 5.17. The Bertz CT molecular complexity index is 730. The number of hydrogen-bond donors (Lipinski definition) is 2. The molecule has 2 N–H and O–H groups in total. The molecule has 27 heavy (non-hydrogen) atoms. The molecule has 9 heteroatoms. The molecule has 1 aromatic carbocycles. The van der Waals surface area contributed by atoms with Crippen molar-refractivity contribution in [2.24, 2.45) is 0 Å². The van der Waals surface area contributed by atoms with Gasteiger partial charge < -0.3 is 15.5 Å². The maximum absolute atomic E-state index is 13.1. The molecule has 0 spiro atoms. The van der Waals surface area contributed by atoms with E-state index in [0.29, 0.717) is 18.7 Å². The zero-order valence-corrected chi connectivity index (χ0v) is 16.1. The Morgan fingerprint density at radius 2 is 2.00 bits per heavy atom. The molecule has 0 saturated carbocycles. The third kappa shape index (κ3) is 4.06. The van der Waals surface area contributed by atoms with E-state index < -0.39 is 23.3 Å². The van der Waals surface area contributed by atoms with Crippen LogP contribution in [0.3, 0.4) is 0 Å². The predicted octanol–water partition coefficient (Wildman–Crippen LogP) is 1.22. The van der Waals surface area contributed by atoms with E-state index in [9.17, 15) is 18.8 Å². The van der Waals surface area contributed by atoms with Gasteiger partial charge in [0.1, 0.15) is 17.9 Å². The number of carbonyl (C=O) groups is 3. The molecule has 4 amide bonds. The molecular weight excluding hydrogens is 375 g/mol. The first kappa shape index (κ1) is 21.1. The number of benzene rings is 1. The number of amides is 4. The molecule has 0 aromatic heterocycles. The van der Waals surface area contributed by atoms with Crippen LogP contribution in [0.15, 0.2) is 24.3 Å². The van der Waals surface area contributed by atoms with Crippen LogP contribution < -0.4 is 10.6 Å². The van der Waals surface area contributed by atoms with Gasteiger partial charge in [0.15, 0.2) is 0 Å². The summed E-state index contributed by atoms with van der Waals surface area (Å²) in [5, 5.41) is 5.78. The van der Waals surface area contributed by atoms with Crippen molar-refractivity contribution in [2.45, 2.75) is 31.3 Å². The van der Waals surface area contributed by atoms with Gasteiger partial charge in [0, 0.05) is 19.1 Å². The summed E-state index contributed by atoms with van der Waals surface area (Å²) in [6.07, 6.45) is 1.87. The summed E-state index contributed by atoms with van der Waals surface area (Å²) in [6, 6.07) is 5.00. The van der Waals surface area contributed by atoms with Crippen LogP contribution in [0.25, 0.3) is 0 Å². The lowest BCUT2D eigenvalue weighted by molar-refractivity contribution is -0.139. The lowest BCUT2D eigenvalue weighted by atomic mass is 9.92. The molecule has 2 aliphatic heterocycles. The van der Waals surface area contributed by atoms with E-state index in [2.05, 4.69) is 10.6 Å². The zero-order chi connectivity index (χ0) is 18.9. The molecule has 7 nitrogen and oxygen atoms in total. The van der Waals surface area contributed by atoms with Crippen LogP contribution in [0.2, 0.25) is 0 Å². The van der Waals surface area contributed by atoms with Gasteiger partial charge in [-0.25, -0.2) is 9.18 Å². The minimum absolute atomic E-state index is 0. The van der Waals surface area contributed by atoms with Gasteiger partial charge in [-0.05, 0) is 44.5 Å². The Kier molecular flexibility index (Phi) is 6.43. The Labute approximate surface area is 163 Å². The Morgan fingerprint density at radius 1 is 1.33 bits per heavy atom. The van der Waals surface area contributed by atoms with Gasteiger partial charge in [0.2, 0.25) is 5.91 Å². The number of rotatable bonds is 4. The quantitative estimate of drug-likeness (QED) is 0.747. The van der Waals surface area contributed by atoms with Crippen molar-refractivity contribution in [1.82, 2.24) is 20.4 Å². The number of likely N-dealkylation sites (tertiary alicyclic amines) is 1. The molecule has 2 heterocycles. The molecule has 2 saturated heterocycles. The summed E-state index contributed by atoms with van der Waals surface area (Å²) in [5.41, 5.74) is -0.832. The first-order valence-electron chi connectivity index (χ1n) is 8.70. The number of piperidine rings is 1. The van der Waals surface area contributed by atoms with Crippen molar-refractivity contribution in [3.05, 3.63) is 35.6 Å². The number of likely N-dealkylation sites (N-methyl/N-ethyl adjacent to an activating group) is 1. The number of urea groups is 1. The highest BCUT2D eigenvalue weighted by Crippen LogP contribution is 2.29. The van der Waals surface area contributed by atoms with E-state index in [1.807, 2.05) is 7.05 Å². The Morgan fingerprint density at radius 3 is 2.63 bits per heavy atom. The third-order valence-electron chi connectivity index (χ3n) is 5.17. The SMILES string of the molecule is CNC1CCCN(C(=O)CN2C(=O)NC(C)(c3ccc(F)cc3)C2=O)C1.Cl. The highest BCUT2D eigenvalue weighted by Gasteiger charge is 2.49. The Hall–Kier alpha value is -2.19. The monoisotopic (exact) mass is 398 g/mol.